The van der Waals surface area contributed by atoms with E-state index >= 15 is 0 Å². The Morgan fingerprint density at radius 2 is 1.87 bits per heavy atom. The molecule has 3 heterocycles. The van der Waals surface area contributed by atoms with Crippen LogP contribution in [0.15, 0.2) is 48.7 Å². The van der Waals surface area contributed by atoms with E-state index in [1.807, 2.05) is 67.5 Å². The van der Waals surface area contributed by atoms with Crippen LogP contribution in [-0.4, -0.2) is 46.1 Å². The van der Waals surface area contributed by atoms with E-state index in [-0.39, 0.29) is 17.7 Å². The van der Waals surface area contributed by atoms with Crippen LogP contribution in [-0.2, 0) is 24.9 Å². The number of hydrogen-bond donors (Lipinski definition) is 2. The molecule has 3 aromatic rings. The smallest absolute Gasteiger partial charge is 0.258 e. The first-order valence-electron chi connectivity index (χ1n) is 13.7. The Kier molecular flexibility index (Phi) is 6.66. The second kappa shape index (κ2) is 10.3. The van der Waals surface area contributed by atoms with Crippen molar-refractivity contribution in [1.82, 2.24) is 20.0 Å². The SMILES string of the molecule is Cc1cc(CNC(=O)C2CCN(CC3CC3)CC2)ccc1C(=O)N1Cc2cnn(C)c2Nc2ccccc21. The number of carbonyl (C=O) groups is 2. The minimum atomic E-state index is -0.0537. The molecule has 3 aliphatic rings. The van der Waals surface area contributed by atoms with Crippen molar-refractivity contribution >= 4 is 29.0 Å². The van der Waals surface area contributed by atoms with Crippen molar-refractivity contribution in [3.8, 4) is 0 Å². The third-order valence-electron chi connectivity index (χ3n) is 8.20. The molecule has 198 valence electrons. The average Bonchev–Trinajstić information content (AvgIpc) is 3.71. The van der Waals surface area contributed by atoms with Crippen LogP contribution in [0.1, 0.15) is 52.7 Å². The summed E-state index contributed by atoms with van der Waals surface area (Å²) in [7, 11) is 1.89. The lowest BCUT2D eigenvalue weighted by Gasteiger charge is -2.31. The van der Waals surface area contributed by atoms with E-state index in [0.717, 1.165) is 65.7 Å². The highest BCUT2D eigenvalue weighted by Crippen LogP contribution is 2.36. The molecule has 1 aromatic heterocycles. The third-order valence-corrected chi connectivity index (χ3v) is 8.20. The van der Waals surface area contributed by atoms with Gasteiger partial charge in [-0.2, -0.15) is 5.10 Å². The summed E-state index contributed by atoms with van der Waals surface area (Å²) >= 11 is 0. The normalized spacial score (nSPS) is 17.8. The van der Waals surface area contributed by atoms with Gasteiger partial charge in [-0.1, -0.05) is 24.3 Å². The molecule has 2 fully saturated rings. The van der Waals surface area contributed by atoms with Crippen LogP contribution in [0.5, 0.6) is 0 Å². The number of aryl methyl sites for hydroxylation is 2. The number of piperidine rings is 1. The van der Waals surface area contributed by atoms with Crippen LogP contribution in [0, 0.1) is 18.8 Å². The molecule has 0 atom stereocenters. The monoisotopic (exact) mass is 512 g/mol. The largest absolute Gasteiger partial charge is 0.352 e. The molecule has 0 unspecified atom stereocenters. The maximum absolute atomic E-state index is 13.8. The van der Waals surface area contributed by atoms with Crippen LogP contribution < -0.4 is 15.5 Å². The lowest BCUT2D eigenvalue weighted by molar-refractivity contribution is -0.126. The van der Waals surface area contributed by atoms with E-state index < -0.39 is 0 Å². The highest BCUT2D eigenvalue weighted by atomic mass is 16.2. The van der Waals surface area contributed by atoms with Crippen LogP contribution in [0.3, 0.4) is 0 Å². The molecule has 0 spiro atoms. The Hall–Kier alpha value is -3.65. The molecule has 8 heteroatoms. The zero-order chi connectivity index (χ0) is 26.2. The number of anilines is 3. The minimum Gasteiger partial charge on any atom is -0.352 e. The topological polar surface area (TPSA) is 82.5 Å². The lowest BCUT2D eigenvalue weighted by atomic mass is 9.95. The molecule has 1 saturated heterocycles. The maximum atomic E-state index is 13.8. The number of fused-ring (bicyclic) bond motifs is 2. The standard InChI is InChI=1S/C30H36N6O2/c1-20-15-22(16-31-29(37)23-11-13-35(14-12-23)18-21-7-8-21)9-10-25(20)30(38)36-19-24-17-32-34(2)28(24)33-26-5-3-4-6-27(26)36/h3-6,9-10,15,17,21,23,33H,7-8,11-14,16,18-19H2,1-2H3,(H,31,37). The molecule has 0 radical (unpaired) electrons. The fourth-order valence-electron chi connectivity index (χ4n) is 5.74. The van der Waals surface area contributed by atoms with Crippen molar-refractivity contribution in [1.29, 1.82) is 0 Å². The van der Waals surface area contributed by atoms with Gasteiger partial charge in [0, 0.05) is 37.2 Å². The summed E-state index contributed by atoms with van der Waals surface area (Å²) in [6.45, 7) is 6.14. The zero-order valence-corrected chi connectivity index (χ0v) is 22.2. The van der Waals surface area contributed by atoms with Gasteiger partial charge in [0.2, 0.25) is 5.91 Å². The molecule has 1 aliphatic carbocycles. The number of nitrogens with zero attached hydrogens (tertiary/aromatic N) is 4. The van der Waals surface area contributed by atoms with Gasteiger partial charge in [0.25, 0.3) is 5.91 Å². The summed E-state index contributed by atoms with van der Waals surface area (Å²) in [5, 5.41) is 11.0. The predicted molar refractivity (Wildman–Crippen MR) is 148 cm³/mol. The van der Waals surface area contributed by atoms with Crippen LogP contribution in [0.25, 0.3) is 0 Å². The van der Waals surface area contributed by atoms with Crippen molar-refractivity contribution in [2.24, 2.45) is 18.9 Å². The molecule has 0 bridgehead atoms. The molecule has 2 aliphatic heterocycles. The summed E-state index contributed by atoms with van der Waals surface area (Å²) in [5.74, 6) is 1.99. The quantitative estimate of drug-likeness (QED) is 0.513. The molecule has 8 nitrogen and oxygen atoms in total. The number of amides is 2. The second-order valence-corrected chi connectivity index (χ2v) is 11.1. The van der Waals surface area contributed by atoms with Gasteiger partial charge in [0.1, 0.15) is 5.82 Å². The average molecular weight is 513 g/mol. The molecule has 6 rings (SSSR count). The van der Waals surface area contributed by atoms with E-state index in [1.54, 1.807) is 4.68 Å². The first-order chi connectivity index (χ1) is 18.5. The van der Waals surface area contributed by atoms with Gasteiger partial charge in [-0.3, -0.25) is 14.3 Å². The maximum Gasteiger partial charge on any atom is 0.258 e. The Balaban J connectivity index is 1.12. The first kappa shape index (κ1) is 24.7. The minimum absolute atomic E-state index is 0.0537. The fraction of sp³-hybridized carbons (Fsp3) is 0.433. The van der Waals surface area contributed by atoms with Crippen molar-refractivity contribution in [3.63, 3.8) is 0 Å². The van der Waals surface area contributed by atoms with Crippen LogP contribution >= 0.6 is 0 Å². The number of nitrogens with one attached hydrogen (secondary N) is 2. The zero-order valence-electron chi connectivity index (χ0n) is 22.2. The van der Waals surface area contributed by atoms with Gasteiger partial charge < -0.3 is 20.4 Å². The molecular weight excluding hydrogens is 476 g/mol. The number of benzene rings is 2. The highest BCUT2D eigenvalue weighted by molar-refractivity contribution is 6.09. The number of aromatic nitrogens is 2. The Morgan fingerprint density at radius 3 is 2.63 bits per heavy atom. The van der Waals surface area contributed by atoms with Crippen LogP contribution in [0.2, 0.25) is 0 Å². The van der Waals surface area contributed by atoms with Crippen molar-refractivity contribution in [2.45, 2.75) is 45.7 Å². The summed E-state index contributed by atoms with van der Waals surface area (Å²) in [5.41, 5.74) is 5.24. The van der Waals surface area contributed by atoms with Crippen molar-refractivity contribution < 1.29 is 9.59 Å². The Bertz CT molecular complexity index is 1350. The van der Waals surface area contributed by atoms with Crippen molar-refractivity contribution in [2.75, 3.05) is 29.9 Å². The number of likely N-dealkylation sites (tertiary alicyclic amines) is 1. The van der Waals surface area contributed by atoms with Gasteiger partial charge >= 0.3 is 0 Å². The molecule has 2 amide bonds. The lowest BCUT2D eigenvalue weighted by Crippen LogP contribution is -2.41. The third kappa shape index (κ3) is 5.05. The molecule has 2 N–H and O–H groups in total. The van der Waals surface area contributed by atoms with Crippen molar-refractivity contribution in [3.05, 3.63) is 70.9 Å². The Labute approximate surface area is 224 Å². The highest BCUT2D eigenvalue weighted by Gasteiger charge is 2.30. The molecule has 2 aromatic carbocycles. The van der Waals surface area contributed by atoms with Gasteiger partial charge in [0.05, 0.1) is 24.1 Å². The van der Waals surface area contributed by atoms with Gasteiger partial charge in [0.15, 0.2) is 0 Å². The van der Waals surface area contributed by atoms with E-state index in [1.165, 1.54) is 19.4 Å². The molecule has 38 heavy (non-hydrogen) atoms. The summed E-state index contributed by atoms with van der Waals surface area (Å²) in [6.07, 6.45) is 6.44. The number of para-hydroxylation sites is 2. The number of rotatable bonds is 6. The van der Waals surface area contributed by atoms with E-state index in [4.69, 9.17) is 0 Å². The summed E-state index contributed by atoms with van der Waals surface area (Å²) in [4.78, 5) is 31.0. The van der Waals surface area contributed by atoms with Gasteiger partial charge in [-0.25, -0.2) is 0 Å². The number of carbonyl (C=O) groups excluding carboxylic acids is 2. The van der Waals surface area contributed by atoms with E-state index in [9.17, 15) is 9.59 Å². The van der Waals surface area contributed by atoms with E-state index in [0.29, 0.717) is 18.7 Å². The summed E-state index contributed by atoms with van der Waals surface area (Å²) < 4.78 is 1.80. The van der Waals surface area contributed by atoms with Gasteiger partial charge in [-0.15, -0.1) is 0 Å². The van der Waals surface area contributed by atoms with E-state index in [2.05, 4.69) is 20.6 Å². The molecule has 1 saturated carbocycles. The second-order valence-electron chi connectivity index (χ2n) is 11.1. The fourth-order valence-corrected chi connectivity index (χ4v) is 5.74. The predicted octanol–water partition coefficient (Wildman–Crippen LogP) is 4.37. The van der Waals surface area contributed by atoms with Crippen LogP contribution in [0.4, 0.5) is 17.2 Å². The number of hydrogen-bond acceptors (Lipinski definition) is 5. The molecular formula is C30H36N6O2. The summed E-state index contributed by atoms with van der Waals surface area (Å²) in [6, 6.07) is 13.7. The first-order valence-corrected chi connectivity index (χ1v) is 13.7. The Morgan fingerprint density at radius 1 is 1.08 bits per heavy atom. The van der Waals surface area contributed by atoms with Gasteiger partial charge in [-0.05, 0) is 80.9 Å².